The van der Waals surface area contributed by atoms with E-state index in [0.29, 0.717) is 12.1 Å². The zero-order valence-corrected chi connectivity index (χ0v) is 10.0. The van der Waals surface area contributed by atoms with Crippen molar-refractivity contribution in [1.82, 2.24) is 5.32 Å². The van der Waals surface area contributed by atoms with Crippen LogP contribution in [0.1, 0.15) is 42.9 Å². The summed E-state index contributed by atoms with van der Waals surface area (Å²) < 4.78 is 0. The van der Waals surface area contributed by atoms with Crippen molar-refractivity contribution in [3.8, 4) is 6.07 Å². The lowest BCUT2D eigenvalue weighted by Crippen LogP contribution is -2.34. The zero-order chi connectivity index (χ0) is 11.7. The van der Waals surface area contributed by atoms with Crippen molar-refractivity contribution in [2.45, 2.75) is 44.2 Å². The van der Waals surface area contributed by atoms with Crippen LogP contribution >= 0.6 is 0 Å². The number of hydrogen-bond acceptors (Lipinski definition) is 2. The van der Waals surface area contributed by atoms with Crippen molar-refractivity contribution in [2.24, 2.45) is 5.92 Å². The highest BCUT2D eigenvalue weighted by Crippen LogP contribution is 2.34. The molecule has 1 N–H and O–H groups in total. The lowest BCUT2D eigenvalue weighted by molar-refractivity contribution is 0.400. The average Bonchev–Trinajstić information content (AvgIpc) is 2.97. The van der Waals surface area contributed by atoms with E-state index in [1.54, 1.807) is 0 Å². The normalized spacial score (nSPS) is 31.1. The highest BCUT2D eigenvalue weighted by Gasteiger charge is 2.31. The molecule has 2 heteroatoms. The van der Waals surface area contributed by atoms with Crippen molar-refractivity contribution < 1.29 is 0 Å². The second kappa shape index (κ2) is 4.50. The summed E-state index contributed by atoms with van der Waals surface area (Å²) in [5.74, 6) is 0.225. The molecule has 2 nitrogen and oxygen atoms in total. The van der Waals surface area contributed by atoms with Crippen LogP contribution in [0.25, 0.3) is 0 Å². The summed E-state index contributed by atoms with van der Waals surface area (Å²) >= 11 is 0. The number of rotatable bonds is 2. The third-order valence-corrected chi connectivity index (χ3v) is 4.23. The minimum absolute atomic E-state index is 0.225. The third-order valence-electron chi connectivity index (χ3n) is 4.23. The molecular formula is C15H18N2. The van der Waals surface area contributed by atoms with Gasteiger partial charge in [-0.3, -0.25) is 0 Å². The van der Waals surface area contributed by atoms with Crippen molar-refractivity contribution in [2.75, 3.05) is 0 Å². The molecule has 0 aliphatic heterocycles. The fourth-order valence-corrected chi connectivity index (χ4v) is 3.30. The molecule has 0 radical (unpaired) electrons. The summed E-state index contributed by atoms with van der Waals surface area (Å²) in [7, 11) is 0. The highest BCUT2D eigenvalue weighted by molar-refractivity contribution is 5.34. The van der Waals surface area contributed by atoms with Crippen LogP contribution in [0.5, 0.6) is 0 Å². The largest absolute Gasteiger partial charge is 0.306 e. The Hall–Kier alpha value is -1.33. The lowest BCUT2D eigenvalue weighted by Gasteiger charge is -2.21. The molecule has 3 atom stereocenters. The number of nitrogens with zero attached hydrogens (tertiary/aromatic N) is 1. The molecule has 0 amide bonds. The van der Waals surface area contributed by atoms with Crippen LogP contribution in [0.3, 0.4) is 0 Å². The molecule has 88 valence electrons. The maximum atomic E-state index is 9.12. The van der Waals surface area contributed by atoms with Crippen LogP contribution in [-0.4, -0.2) is 6.04 Å². The molecule has 1 aromatic rings. The number of benzene rings is 1. The van der Waals surface area contributed by atoms with Gasteiger partial charge in [-0.15, -0.1) is 0 Å². The SMILES string of the molecule is N#CC1CCCC1NC1CCc2ccccc21. The van der Waals surface area contributed by atoms with Crippen LogP contribution in [0, 0.1) is 17.2 Å². The number of aryl methyl sites for hydroxylation is 1. The maximum absolute atomic E-state index is 9.12. The Balaban J connectivity index is 1.73. The van der Waals surface area contributed by atoms with E-state index in [9.17, 15) is 0 Å². The van der Waals surface area contributed by atoms with Gasteiger partial charge in [-0.2, -0.15) is 5.26 Å². The van der Waals surface area contributed by atoms with Crippen molar-refractivity contribution in [3.63, 3.8) is 0 Å². The summed E-state index contributed by atoms with van der Waals surface area (Å²) in [5, 5.41) is 12.8. The predicted octanol–water partition coefficient (Wildman–Crippen LogP) is 2.96. The van der Waals surface area contributed by atoms with Gasteiger partial charge in [0, 0.05) is 12.1 Å². The Morgan fingerprint density at radius 3 is 2.94 bits per heavy atom. The summed E-state index contributed by atoms with van der Waals surface area (Å²) in [6.45, 7) is 0. The van der Waals surface area contributed by atoms with E-state index in [2.05, 4.69) is 35.7 Å². The monoisotopic (exact) mass is 226 g/mol. The molecule has 0 bridgehead atoms. The van der Waals surface area contributed by atoms with Crippen molar-refractivity contribution in [1.29, 1.82) is 5.26 Å². The van der Waals surface area contributed by atoms with Crippen molar-refractivity contribution >= 4 is 0 Å². The Bertz CT molecular complexity index is 446. The Morgan fingerprint density at radius 2 is 2.06 bits per heavy atom. The molecule has 0 saturated heterocycles. The van der Waals surface area contributed by atoms with Gasteiger partial charge in [0.1, 0.15) is 0 Å². The molecular weight excluding hydrogens is 208 g/mol. The van der Waals surface area contributed by atoms with E-state index >= 15 is 0 Å². The topological polar surface area (TPSA) is 35.8 Å². The molecule has 3 unspecified atom stereocenters. The van der Waals surface area contributed by atoms with Crippen molar-refractivity contribution in [3.05, 3.63) is 35.4 Å². The van der Waals surface area contributed by atoms with Gasteiger partial charge in [0.05, 0.1) is 12.0 Å². The lowest BCUT2D eigenvalue weighted by atomic mass is 10.0. The van der Waals surface area contributed by atoms with E-state index < -0.39 is 0 Å². The molecule has 3 rings (SSSR count). The molecule has 2 aliphatic rings. The Kier molecular flexibility index (Phi) is 2.86. The fourth-order valence-electron chi connectivity index (χ4n) is 3.30. The van der Waals surface area contributed by atoms with E-state index in [-0.39, 0.29) is 5.92 Å². The van der Waals surface area contributed by atoms with Gasteiger partial charge in [-0.1, -0.05) is 30.7 Å². The van der Waals surface area contributed by atoms with Gasteiger partial charge in [0.15, 0.2) is 0 Å². The second-order valence-electron chi connectivity index (χ2n) is 5.23. The predicted molar refractivity (Wildman–Crippen MR) is 67.4 cm³/mol. The minimum atomic E-state index is 0.225. The zero-order valence-electron chi connectivity index (χ0n) is 10.0. The van der Waals surface area contributed by atoms with E-state index in [1.165, 1.54) is 30.4 Å². The quantitative estimate of drug-likeness (QED) is 0.841. The van der Waals surface area contributed by atoms with Crippen LogP contribution in [0.4, 0.5) is 0 Å². The first-order valence-corrected chi connectivity index (χ1v) is 6.62. The number of hydrogen-bond donors (Lipinski definition) is 1. The molecule has 17 heavy (non-hydrogen) atoms. The van der Waals surface area contributed by atoms with E-state index in [0.717, 1.165) is 12.8 Å². The number of nitriles is 1. The summed E-state index contributed by atoms with van der Waals surface area (Å²) in [6.07, 6.45) is 5.80. The molecule has 1 aromatic carbocycles. The Morgan fingerprint density at radius 1 is 1.18 bits per heavy atom. The van der Waals surface area contributed by atoms with Crippen LogP contribution in [-0.2, 0) is 6.42 Å². The highest BCUT2D eigenvalue weighted by atomic mass is 15.0. The minimum Gasteiger partial charge on any atom is -0.306 e. The number of nitrogens with one attached hydrogen (secondary N) is 1. The second-order valence-corrected chi connectivity index (χ2v) is 5.23. The van der Waals surface area contributed by atoms with E-state index in [1.807, 2.05) is 0 Å². The maximum Gasteiger partial charge on any atom is 0.0672 e. The number of fused-ring (bicyclic) bond motifs is 1. The van der Waals surface area contributed by atoms with Gasteiger partial charge < -0.3 is 5.32 Å². The van der Waals surface area contributed by atoms with Gasteiger partial charge in [0.25, 0.3) is 0 Å². The average molecular weight is 226 g/mol. The first-order valence-electron chi connectivity index (χ1n) is 6.62. The summed E-state index contributed by atoms with van der Waals surface area (Å²) in [5.41, 5.74) is 2.94. The smallest absolute Gasteiger partial charge is 0.0672 e. The molecule has 1 fully saturated rings. The molecule has 0 spiro atoms. The van der Waals surface area contributed by atoms with Gasteiger partial charge in [-0.05, 0) is 36.8 Å². The van der Waals surface area contributed by atoms with Crippen LogP contribution in [0.2, 0.25) is 0 Å². The van der Waals surface area contributed by atoms with E-state index in [4.69, 9.17) is 5.26 Å². The first kappa shape index (κ1) is 10.8. The van der Waals surface area contributed by atoms with Gasteiger partial charge in [0.2, 0.25) is 0 Å². The van der Waals surface area contributed by atoms with Gasteiger partial charge in [-0.25, -0.2) is 0 Å². The molecule has 2 aliphatic carbocycles. The Labute approximate surface area is 103 Å². The fraction of sp³-hybridized carbons (Fsp3) is 0.533. The van der Waals surface area contributed by atoms with Crippen LogP contribution < -0.4 is 5.32 Å². The molecule has 0 heterocycles. The standard InChI is InChI=1S/C15H18N2/c16-10-12-5-3-7-14(12)17-15-9-8-11-4-1-2-6-13(11)15/h1-2,4,6,12,14-15,17H,3,5,7-9H2. The molecule has 0 aromatic heterocycles. The first-order chi connectivity index (χ1) is 8.38. The van der Waals surface area contributed by atoms with Gasteiger partial charge >= 0.3 is 0 Å². The van der Waals surface area contributed by atoms with Crippen LogP contribution in [0.15, 0.2) is 24.3 Å². The third kappa shape index (κ3) is 1.96. The summed E-state index contributed by atoms with van der Waals surface area (Å²) in [4.78, 5) is 0. The summed E-state index contributed by atoms with van der Waals surface area (Å²) in [6, 6.07) is 12.0. The molecule has 1 saturated carbocycles.